The first kappa shape index (κ1) is 18.6. The molecule has 0 radical (unpaired) electrons. The van der Waals surface area contributed by atoms with Crippen LogP contribution < -0.4 is 10.1 Å². The third-order valence-electron chi connectivity index (χ3n) is 5.98. The zero-order chi connectivity index (χ0) is 20.0. The first-order valence-electron chi connectivity index (χ1n) is 9.77. The number of rotatable bonds is 3. The summed E-state index contributed by atoms with van der Waals surface area (Å²) in [6.07, 6.45) is -0.0948. The Morgan fingerprint density at radius 1 is 1.03 bits per heavy atom. The van der Waals surface area contributed by atoms with Gasteiger partial charge in [-0.25, -0.2) is 8.78 Å². The van der Waals surface area contributed by atoms with Crippen molar-refractivity contribution in [3.8, 4) is 16.9 Å². The minimum absolute atomic E-state index is 0.0881. The van der Waals surface area contributed by atoms with Crippen molar-refractivity contribution >= 4 is 11.6 Å². The predicted octanol–water partition coefficient (Wildman–Crippen LogP) is 5.68. The number of halogens is 3. The molecule has 5 rings (SSSR count). The monoisotopic (exact) mass is 411 g/mol. The molecule has 29 heavy (non-hydrogen) atoms. The number of fused-ring (bicyclic) bond motifs is 1. The Morgan fingerprint density at radius 2 is 1.72 bits per heavy atom. The van der Waals surface area contributed by atoms with E-state index in [1.165, 1.54) is 6.07 Å². The molecule has 0 aliphatic carbocycles. The first-order valence-corrected chi connectivity index (χ1v) is 10.1. The number of nitrogens with one attached hydrogen (secondary N) is 1. The van der Waals surface area contributed by atoms with Crippen molar-refractivity contribution in [1.29, 1.82) is 0 Å². The van der Waals surface area contributed by atoms with Crippen LogP contribution in [-0.4, -0.2) is 18.8 Å². The second-order valence-corrected chi connectivity index (χ2v) is 8.10. The standard InChI is InChI=1S/C24H20ClF2NO/c25-23-19(27)12-20-18(22(23)15-7-3-1-4-8-15)13-24(29-20,16-9-5-2-6-10-16)21-11-17(26)14-28-21/h1-10,12,17,21,28H,11,13-14H2/t17-,21?,24+/m1/s1. The molecular weight excluding hydrogens is 392 g/mol. The number of ether oxygens (including phenoxy) is 1. The van der Waals surface area contributed by atoms with Crippen molar-refractivity contribution in [3.05, 3.63) is 88.7 Å². The van der Waals surface area contributed by atoms with Crippen molar-refractivity contribution < 1.29 is 13.5 Å². The molecule has 148 valence electrons. The van der Waals surface area contributed by atoms with Crippen molar-refractivity contribution in [2.24, 2.45) is 0 Å². The number of alkyl halides is 1. The van der Waals surface area contributed by atoms with Crippen molar-refractivity contribution in [2.75, 3.05) is 6.54 Å². The van der Waals surface area contributed by atoms with Crippen LogP contribution in [-0.2, 0) is 12.0 Å². The smallest absolute Gasteiger partial charge is 0.153 e. The topological polar surface area (TPSA) is 21.3 Å². The summed E-state index contributed by atoms with van der Waals surface area (Å²) in [5, 5.41) is 3.37. The Bertz CT molecular complexity index is 1040. The molecule has 3 aromatic rings. The van der Waals surface area contributed by atoms with Crippen LogP contribution in [0.1, 0.15) is 17.5 Å². The van der Waals surface area contributed by atoms with Gasteiger partial charge in [-0.2, -0.15) is 0 Å². The molecule has 5 heteroatoms. The number of hydrogen-bond acceptors (Lipinski definition) is 2. The van der Waals surface area contributed by atoms with E-state index >= 15 is 0 Å². The maximum atomic E-state index is 14.7. The van der Waals surface area contributed by atoms with Crippen LogP contribution in [0.15, 0.2) is 66.7 Å². The molecule has 0 bridgehead atoms. The number of hydrogen-bond donors (Lipinski definition) is 1. The van der Waals surface area contributed by atoms with Gasteiger partial charge in [-0.05, 0) is 17.5 Å². The van der Waals surface area contributed by atoms with Crippen LogP contribution >= 0.6 is 11.6 Å². The minimum Gasteiger partial charge on any atom is -0.480 e. The highest BCUT2D eigenvalue weighted by atomic mass is 35.5. The Morgan fingerprint density at radius 3 is 2.38 bits per heavy atom. The highest BCUT2D eigenvalue weighted by molar-refractivity contribution is 6.33. The highest BCUT2D eigenvalue weighted by Crippen LogP contribution is 2.51. The van der Waals surface area contributed by atoms with E-state index in [4.69, 9.17) is 16.3 Å². The highest BCUT2D eigenvalue weighted by Gasteiger charge is 2.51. The molecule has 3 aromatic carbocycles. The molecule has 1 unspecified atom stereocenters. The first-order chi connectivity index (χ1) is 14.1. The summed E-state index contributed by atoms with van der Waals surface area (Å²) < 4.78 is 35.3. The Hall–Kier alpha value is -2.43. The third-order valence-corrected chi connectivity index (χ3v) is 6.35. The van der Waals surface area contributed by atoms with E-state index in [1.807, 2.05) is 60.7 Å². The fraction of sp³-hybridized carbons (Fsp3) is 0.250. The van der Waals surface area contributed by atoms with Crippen LogP contribution in [0.2, 0.25) is 5.02 Å². The molecule has 1 N–H and O–H groups in total. The minimum atomic E-state index is -0.929. The second-order valence-electron chi connectivity index (χ2n) is 7.72. The molecule has 2 heterocycles. The largest absolute Gasteiger partial charge is 0.480 e. The average Bonchev–Trinajstić information content (AvgIpc) is 3.35. The molecule has 1 saturated heterocycles. The molecular formula is C24H20ClF2NO. The second kappa shape index (κ2) is 7.12. The van der Waals surface area contributed by atoms with E-state index in [2.05, 4.69) is 5.32 Å². The molecule has 2 aliphatic rings. The summed E-state index contributed by atoms with van der Waals surface area (Å²) in [5.41, 5.74) is 2.47. The van der Waals surface area contributed by atoms with E-state index in [1.54, 1.807) is 0 Å². The fourth-order valence-corrected chi connectivity index (χ4v) is 4.91. The van der Waals surface area contributed by atoms with Gasteiger partial charge in [0.1, 0.15) is 17.7 Å². The van der Waals surface area contributed by atoms with Gasteiger partial charge in [-0.15, -0.1) is 0 Å². The van der Waals surface area contributed by atoms with E-state index in [9.17, 15) is 8.78 Å². The lowest BCUT2D eigenvalue weighted by Gasteiger charge is -2.35. The Labute approximate surface area is 173 Å². The van der Waals surface area contributed by atoms with Gasteiger partial charge in [-0.1, -0.05) is 72.3 Å². The maximum Gasteiger partial charge on any atom is 0.153 e. The number of benzene rings is 3. The zero-order valence-corrected chi connectivity index (χ0v) is 16.4. The zero-order valence-electron chi connectivity index (χ0n) is 15.7. The molecule has 0 amide bonds. The normalized spacial score (nSPS) is 25.6. The summed E-state index contributed by atoms with van der Waals surface area (Å²) in [4.78, 5) is 0. The van der Waals surface area contributed by atoms with Crippen LogP contribution in [0.4, 0.5) is 8.78 Å². The van der Waals surface area contributed by atoms with Crippen molar-refractivity contribution in [2.45, 2.75) is 30.7 Å². The van der Waals surface area contributed by atoms with Crippen LogP contribution in [0.25, 0.3) is 11.1 Å². The van der Waals surface area contributed by atoms with Gasteiger partial charge in [0, 0.05) is 30.2 Å². The predicted molar refractivity (Wildman–Crippen MR) is 111 cm³/mol. The molecule has 2 nitrogen and oxygen atoms in total. The van der Waals surface area contributed by atoms with Crippen LogP contribution in [0.5, 0.6) is 5.75 Å². The molecule has 0 aromatic heterocycles. The summed E-state index contributed by atoms with van der Waals surface area (Å²) in [5.74, 6) is -0.0467. The summed E-state index contributed by atoms with van der Waals surface area (Å²) >= 11 is 6.43. The van der Waals surface area contributed by atoms with E-state index < -0.39 is 17.6 Å². The quantitative estimate of drug-likeness (QED) is 0.599. The van der Waals surface area contributed by atoms with Crippen LogP contribution in [0.3, 0.4) is 0 Å². The van der Waals surface area contributed by atoms with Crippen molar-refractivity contribution in [1.82, 2.24) is 5.32 Å². The van der Waals surface area contributed by atoms with Crippen LogP contribution in [0, 0.1) is 5.82 Å². The van der Waals surface area contributed by atoms with Gasteiger partial charge in [0.15, 0.2) is 5.60 Å². The summed E-state index contributed by atoms with van der Waals surface area (Å²) in [6, 6.07) is 20.5. The maximum absolute atomic E-state index is 14.7. The summed E-state index contributed by atoms with van der Waals surface area (Å²) in [7, 11) is 0. The third kappa shape index (κ3) is 3.02. The van der Waals surface area contributed by atoms with Gasteiger partial charge in [0.2, 0.25) is 0 Å². The fourth-order valence-electron chi connectivity index (χ4n) is 4.63. The average molecular weight is 412 g/mol. The molecule has 0 spiro atoms. The molecule has 0 saturated carbocycles. The van der Waals surface area contributed by atoms with E-state index in [0.29, 0.717) is 30.7 Å². The van der Waals surface area contributed by atoms with Crippen molar-refractivity contribution in [3.63, 3.8) is 0 Å². The molecule has 1 fully saturated rings. The van der Waals surface area contributed by atoms with Gasteiger partial charge in [-0.3, -0.25) is 0 Å². The Balaban J connectivity index is 1.69. The lowest BCUT2D eigenvalue weighted by atomic mass is 9.80. The SMILES string of the molecule is Fc1cc2c(c(-c3ccccc3)c1Cl)C[C@](c1ccccc1)(C1C[C@@H](F)CN1)O2. The van der Waals surface area contributed by atoms with Gasteiger partial charge < -0.3 is 10.1 Å². The lowest BCUT2D eigenvalue weighted by molar-refractivity contribution is 0.0517. The molecule has 3 atom stereocenters. The Kier molecular flexibility index (Phi) is 4.56. The van der Waals surface area contributed by atoms with Gasteiger partial charge in [0.25, 0.3) is 0 Å². The van der Waals surface area contributed by atoms with Gasteiger partial charge in [0.05, 0.1) is 11.1 Å². The van der Waals surface area contributed by atoms with Gasteiger partial charge >= 0.3 is 0 Å². The summed E-state index contributed by atoms with van der Waals surface area (Å²) in [6.45, 7) is 0.291. The van der Waals surface area contributed by atoms with E-state index in [0.717, 1.165) is 16.7 Å². The van der Waals surface area contributed by atoms with E-state index in [-0.39, 0.29) is 11.1 Å². The molecule has 2 aliphatic heterocycles. The lowest BCUT2D eigenvalue weighted by Crippen LogP contribution is -2.48.